The van der Waals surface area contributed by atoms with Gasteiger partial charge in [0.25, 0.3) is 0 Å². The molecule has 1 unspecified atom stereocenters. The lowest BCUT2D eigenvalue weighted by Crippen LogP contribution is -2.56. The molecule has 0 aliphatic carbocycles. The quantitative estimate of drug-likeness (QED) is 0.465. The van der Waals surface area contributed by atoms with Crippen LogP contribution in [0.5, 0.6) is 0 Å². The zero-order valence-electron chi connectivity index (χ0n) is 16.1. The van der Waals surface area contributed by atoms with Crippen LogP contribution in [0.15, 0.2) is 30.3 Å². The van der Waals surface area contributed by atoms with Crippen LogP contribution >= 0.6 is 0 Å². The summed E-state index contributed by atoms with van der Waals surface area (Å²) in [6.45, 7) is 5.72. The number of Topliss-reactive ketones (excluding diaryl/α,β-unsaturated/α-hetero) is 1. The molecule has 0 radical (unpaired) electrons. The summed E-state index contributed by atoms with van der Waals surface area (Å²) in [5.74, 6) is 0.245. The van der Waals surface area contributed by atoms with Gasteiger partial charge in [-0.25, -0.2) is 0 Å². The van der Waals surface area contributed by atoms with Crippen LogP contribution in [-0.4, -0.2) is 46.5 Å². The molecule has 5 nitrogen and oxygen atoms in total. The summed E-state index contributed by atoms with van der Waals surface area (Å²) in [5, 5.41) is 17.9. The molecule has 0 bridgehead atoms. The van der Waals surface area contributed by atoms with Crippen molar-refractivity contribution >= 4 is 12.9 Å². The molecule has 1 fully saturated rings. The maximum absolute atomic E-state index is 12.3. The van der Waals surface area contributed by atoms with Gasteiger partial charge in [0.15, 0.2) is 0 Å². The van der Waals surface area contributed by atoms with E-state index in [4.69, 9.17) is 15.8 Å². The number of carbonyl (C=O) groups excluding carboxylic acids is 1. The molecule has 1 aliphatic heterocycles. The number of ketones is 1. The highest BCUT2D eigenvalue weighted by atomic mass is 16.4. The lowest BCUT2D eigenvalue weighted by molar-refractivity contribution is -0.125. The van der Waals surface area contributed by atoms with Crippen molar-refractivity contribution in [3.63, 3.8) is 0 Å². The Labute approximate surface area is 157 Å². The normalized spacial score (nSPS) is 19.7. The zero-order valence-corrected chi connectivity index (χ0v) is 16.1. The van der Waals surface area contributed by atoms with Crippen molar-refractivity contribution in [2.24, 2.45) is 11.7 Å². The fourth-order valence-electron chi connectivity index (χ4n) is 4.16. The van der Waals surface area contributed by atoms with Gasteiger partial charge in [-0.15, -0.1) is 0 Å². The van der Waals surface area contributed by atoms with Crippen LogP contribution in [0.2, 0.25) is 6.32 Å². The zero-order chi connectivity index (χ0) is 19.2. The molecular weight excluding hydrogens is 327 g/mol. The highest BCUT2D eigenvalue weighted by molar-refractivity contribution is 6.40. The molecule has 4 N–H and O–H groups in total. The topological polar surface area (TPSA) is 86.8 Å². The van der Waals surface area contributed by atoms with Crippen molar-refractivity contribution < 1.29 is 14.8 Å². The van der Waals surface area contributed by atoms with Gasteiger partial charge in [-0.2, -0.15) is 0 Å². The number of nitrogens with two attached hydrogens (primary N) is 1. The summed E-state index contributed by atoms with van der Waals surface area (Å²) < 4.78 is 0. The van der Waals surface area contributed by atoms with E-state index in [0.717, 1.165) is 32.4 Å². The summed E-state index contributed by atoms with van der Waals surface area (Å²) in [6, 6.07) is 10.9. The van der Waals surface area contributed by atoms with E-state index in [-0.39, 0.29) is 11.7 Å². The summed E-state index contributed by atoms with van der Waals surface area (Å²) in [6.07, 6.45) is 4.23. The van der Waals surface area contributed by atoms with Gasteiger partial charge in [-0.05, 0) is 64.0 Å². The molecule has 1 aromatic rings. The van der Waals surface area contributed by atoms with Crippen molar-refractivity contribution in [1.82, 2.24) is 4.90 Å². The summed E-state index contributed by atoms with van der Waals surface area (Å²) in [4.78, 5) is 14.8. The van der Waals surface area contributed by atoms with E-state index >= 15 is 0 Å². The minimum atomic E-state index is -1.28. The highest BCUT2D eigenvalue weighted by Crippen LogP contribution is 2.34. The van der Waals surface area contributed by atoms with E-state index in [9.17, 15) is 4.79 Å². The lowest BCUT2D eigenvalue weighted by atomic mass is 9.72. The SMILES string of the molecule is CC(=O)[C@](N)(CCCCB(O)O)C1CCN(C(C)c2ccccc2)CC1. The fourth-order valence-corrected chi connectivity index (χ4v) is 4.16. The van der Waals surface area contributed by atoms with Crippen LogP contribution < -0.4 is 5.73 Å². The van der Waals surface area contributed by atoms with Crippen molar-refractivity contribution in [2.45, 2.75) is 63.9 Å². The van der Waals surface area contributed by atoms with Crippen LogP contribution in [0.25, 0.3) is 0 Å². The number of piperidine rings is 1. The van der Waals surface area contributed by atoms with Crippen molar-refractivity contribution in [1.29, 1.82) is 0 Å². The lowest BCUT2D eigenvalue weighted by Gasteiger charge is -2.43. The first-order valence-corrected chi connectivity index (χ1v) is 9.79. The third-order valence-corrected chi connectivity index (χ3v) is 6.05. The Balaban J connectivity index is 1.91. The second-order valence-corrected chi connectivity index (χ2v) is 7.72. The van der Waals surface area contributed by atoms with Crippen LogP contribution in [0.3, 0.4) is 0 Å². The molecule has 1 saturated heterocycles. The molecule has 2 atom stereocenters. The number of hydrogen-bond acceptors (Lipinski definition) is 5. The second-order valence-electron chi connectivity index (χ2n) is 7.72. The van der Waals surface area contributed by atoms with Crippen molar-refractivity contribution in [3.8, 4) is 0 Å². The van der Waals surface area contributed by atoms with E-state index in [2.05, 4.69) is 36.1 Å². The first-order valence-electron chi connectivity index (χ1n) is 9.79. The number of hydrogen-bond donors (Lipinski definition) is 3. The Kier molecular flexibility index (Phi) is 7.83. The molecular formula is C20H33BN2O3. The van der Waals surface area contributed by atoms with Crippen molar-refractivity contribution in [3.05, 3.63) is 35.9 Å². The molecule has 0 amide bonds. The maximum Gasteiger partial charge on any atom is 0.451 e. The fraction of sp³-hybridized carbons (Fsp3) is 0.650. The number of carbonyl (C=O) groups is 1. The van der Waals surface area contributed by atoms with E-state index in [1.807, 2.05) is 6.07 Å². The average molecular weight is 360 g/mol. The predicted octanol–water partition coefficient (Wildman–Crippen LogP) is 2.39. The number of likely N-dealkylation sites (tertiary alicyclic amines) is 1. The number of unbranched alkanes of at least 4 members (excludes halogenated alkanes) is 1. The third-order valence-electron chi connectivity index (χ3n) is 6.05. The van der Waals surface area contributed by atoms with Crippen LogP contribution in [0.1, 0.15) is 57.6 Å². The predicted molar refractivity (Wildman–Crippen MR) is 106 cm³/mol. The van der Waals surface area contributed by atoms with Gasteiger partial charge in [0, 0.05) is 6.04 Å². The molecule has 26 heavy (non-hydrogen) atoms. The van der Waals surface area contributed by atoms with Gasteiger partial charge in [-0.1, -0.05) is 43.2 Å². The van der Waals surface area contributed by atoms with Crippen molar-refractivity contribution in [2.75, 3.05) is 13.1 Å². The van der Waals surface area contributed by atoms with Gasteiger partial charge >= 0.3 is 7.12 Å². The Morgan fingerprint density at radius 2 is 1.88 bits per heavy atom. The summed E-state index contributed by atoms with van der Waals surface area (Å²) >= 11 is 0. The van der Waals surface area contributed by atoms with Gasteiger partial charge in [0.1, 0.15) is 5.78 Å². The molecule has 1 aliphatic rings. The number of benzene rings is 1. The molecule has 1 aromatic carbocycles. The molecule has 0 aromatic heterocycles. The monoisotopic (exact) mass is 360 g/mol. The van der Waals surface area contributed by atoms with E-state index in [0.29, 0.717) is 25.2 Å². The van der Waals surface area contributed by atoms with Crippen LogP contribution in [0, 0.1) is 5.92 Å². The molecule has 6 heteroatoms. The average Bonchev–Trinajstić information content (AvgIpc) is 2.65. The third kappa shape index (κ3) is 5.40. The second kappa shape index (κ2) is 9.65. The smallest absolute Gasteiger partial charge is 0.427 e. The Morgan fingerprint density at radius 1 is 1.27 bits per heavy atom. The van der Waals surface area contributed by atoms with Crippen LogP contribution in [-0.2, 0) is 4.79 Å². The van der Waals surface area contributed by atoms with Gasteiger partial charge in [-0.3, -0.25) is 9.69 Å². The molecule has 1 heterocycles. The van der Waals surface area contributed by atoms with Gasteiger partial charge in [0.2, 0.25) is 0 Å². The molecule has 0 spiro atoms. The minimum absolute atomic E-state index is 0.0524. The summed E-state index contributed by atoms with van der Waals surface area (Å²) in [5.41, 5.74) is 7.10. The maximum atomic E-state index is 12.3. The van der Waals surface area contributed by atoms with E-state index in [1.54, 1.807) is 6.92 Å². The molecule has 0 saturated carbocycles. The standard InChI is InChI=1S/C20H33BN2O3/c1-16(18-8-4-3-5-9-18)23-14-10-19(11-15-23)20(22,17(2)24)12-6-7-13-21(25)26/h3-5,8-9,16,19,25-26H,6-7,10-15,22H2,1-2H3/t16?,20-/m1/s1. The number of nitrogens with zero attached hydrogens (tertiary/aromatic N) is 1. The highest BCUT2D eigenvalue weighted by Gasteiger charge is 2.40. The first-order chi connectivity index (χ1) is 12.3. The minimum Gasteiger partial charge on any atom is -0.427 e. The molecule has 2 rings (SSSR count). The Hall–Kier alpha value is -1.21. The van der Waals surface area contributed by atoms with Crippen LogP contribution in [0.4, 0.5) is 0 Å². The Bertz CT molecular complexity index is 561. The Morgan fingerprint density at radius 3 is 2.42 bits per heavy atom. The van der Waals surface area contributed by atoms with E-state index < -0.39 is 12.7 Å². The van der Waals surface area contributed by atoms with E-state index in [1.165, 1.54) is 5.56 Å². The number of rotatable bonds is 9. The van der Waals surface area contributed by atoms with Gasteiger partial charge < -0.3 is 15.8 Å². The largest absolute Gasteiger partial charge is 0.451 e. The molecule has 144 valence electrons. The van der Waals surface area contributed by atoms with Gasteiger partial charge in [0.05, 0.1) is 5.54 Å². The first kappa shape index (κ1) is 21.1. The summed E-state index contributed by atoms with van der Waals surface area (Å²) in [7, 11) is -1.28.